The molecule has 1 N–H and O–H groups in total. The van der Waals surface area contributed by atoms with Crippen LogP contribution in [0.4, 0.5) is 0 Å². The van der Waals surface area contributed by atoms with Crippen LogP contribution in [0.3, 0.4) is 0 Å². The van der Waals surface area contributed by atoms with Gasteiger partial charge in [0.25, 0.3) is 0 Å². The molecule has 0 aromatic heterocycles. The van der Waals surface area contributed by atoms with Crippen LogP contribution in [0.5, 0.6) is 0 Å². The van der Waals surface area contributed by atoms with Crippen LogP contribution in [-0.2, 0) is 0 Å². The summed E-state index contributed by atoms with van der Waals surface area (Å²) in [5.41, 5.74) is -0.362. The Hall–Kier alpha value is -0.0400. The summed E-state index contributed by atoms with van der Waals surface area (Å²) in [5, 5.41) is 10.2. The average molecular weight is 214 g/mol. The predicted octanol–water partition coefficient (Wildman–Crippen LogP) is 4.68. The first-order chi connectivity index (χ1) is 7.18. The van der Waals surface area contributed by atoms with E-state index in [1.807, 2.05) is 0 Å². The van der Waals surface area contributed by atoms with E-state index in [-0.39, 0.29) is 5.60 Å². The molecule has 1 unspecified atom stereocenters. The van der Waals surface area contributed by atoms with E-state index in [0.717, 1.165) is 25.7 Å². The summed E-state index contributed by atoms with van der Waals surface area (Å²) >= 11 is 0. The molecule has 92 valence electrons. The van der Waals surface area contributed by atoms with Crippen molar-refractivity contribution in [2.45, 2.75) is 90.6 Å². The fraction of sp³-hybridized carbons (Fsp3) is 1.00. The third-order valence-electron chi connectivity index (χ3n) is 3.37. The van der Waals surface area contributed by atoms with E-state index < -0.39 is 0 Å². The third kappa shape index (κ3) is 7.84. The molecule has 0 aliphatic rings. The molecular weight excluding hydrogens is 184 g/mol. The minimum Gasteiger partial charge on any atom is -0.390 e. The average Bonchev–Trinajstić information content (AvgIpc) is 2.24. The van der Waals surface area contributed by atoms with Gasteiger partial charge < -0.3 is 5.11 Å². The van der Waals surface area contributed by atoms with E-state index in [1.165, 1.54) is 38.5 Å². The van der Waals surface area contributed by atoms with Crippen molar-refractivity contribution in [3.8, 4) is 0 Å². The second-order valence-electron chi connectivity index (χ2n) is 4.85. The van der Waals surface area contributed by atoms with E-state index in [0.29, 0.717) is 0 Å². The highest BCUT2D eigenvalue weighted by molar-refractivity contribution is 4.75. The Kier molecular flexibility index (Phi) is 9.18. The molecule has 0 saturated heterocycles. The van der Waals surface area contributed by atoms with Gasteiger partial charge in [0.2, 0.25) is 0 Å². The molecular formula is C14H30O. The molecule has 1 nitrogen and oxygen atoms in total. The monoisotopic (exact) mass is 214 g/mol. The fourth-order valence-electron chi connectivity index (χ4n) is 2.18. The zero-order chi connectivity index (χ0) is 11.6. The topological polar surface area (TPSA) is 20.2 Å². The first kappa shape index (κ1) is 15.0. The Balaban J connectivity index is 3.46. The molecule has 0 heterocycles. The van der Waals surface area contributed by atoms with Crippen molar-refractivity contribution < 1.29 is 5.11 Å². The lowest BCUT2D eigenvalue weighted by Gasteiger charge is -2.26. The zero-order valence-corrected chi connectivity index (χ0v) is 11.0. The summed E-state index contributed by atoms with van der Waals surface area (Å²) in [6.07, 6.45) is 11.9. The molecule has 0 aliphatic carbocycles. The molecule has 15 heavy (non-hydrogen) atoms. The van der Waals surface area contributed by atoms with Gasteiger partial charge >= 0.3 is 0 Å². The van der Waals surface area contributed by atoms with E-state index in [2.05, 4.69) is 20.8 Å². The van der Waals surface area contributed by atoms with Gasteiger partial charge in [-0.05, 0) is 19.3 Å². The first-order valence-corrected chi connectivity index (χ1v) is 6.91. The van der Waals surface area contributed by atoms with Gasteiger partial charge in [0.05, 0.1) is 5.60 Å². The maximum absolute atomic E-state index is 10.2. The number of unbranched alkanes of at least 4 members (excludes halogenated alkanes) is 5. The molecule has 0 aromatic rings. The van der Waals surface area contributed by atoms with Crippen molar-refractivity contribution in [3.63, 3.8) is 0 Å². The molecule has 0 fully saturated rings. The molecule has 0 spiro atoms. The normalized spacial score (nSPS) is 15.2. The quantitative estimate of drug-likeness (QED) is 0.524. The van der Waals surface area contributed by atoms with Crippen molar-refractivity contribution in [1.82, 2.24) is 0 Å². The maximum Gasteiger partial charge on any atom is 0.0645 e. The lowest BCUT2D eigenvalue weighted by atomic mass is 9.89. The van der Waals surface area contributed by atoms with Crippen LogP contribution < -0.4 is 0 Å². The van der Waals surface area contributed by atoms with E-state index in [1.54, 1.807) is 0 Å². The van der Waals surface area contributed by atoms with Gasteiger partial charge in [-0.3, -0.25) is 0 Å². The van der Waals surface area contributed by atoms with Crippen molar-refractivity contribution in [2.75, 3.05) is 0 Å². The number of aliphatic hydroxyl groups is 1. The third-order valence-corrected chi connectivity index (χ3v) is 3.37. The smallest absolute Gasteiger partial charge is 0.0645 e. The van der Waals surface area contributed by atoms with Gasteiger partial charge in [0, 0.05) is 0 Å². The molecule has 0 rings (SSSR count). The minimum absolute atomic E-state index is 0.362. The van der Waals surface area contributed by atoms with Crippen LogP contribution in [0, 0.1) is 0 Å². The van der Waals surface area contributed by atoms with Gasteiger partial charge in [-0.15, -0.1) is 0 Å². The van der Waals surface area contributed by atoms with Crippen LogP contribution in [0.25, 0.3) is 0 Å². The molecule has 1 atom stereocenters. The molecule has 0 aromatic carbocycles. The lowest BCUT2D eigenvalue weighted by Crippen LogP contribution is -2.27. The minimum atomic E-state index is -0.362. The standard InChI is InChI=1S/C14H30O/c1-4-7-8-9-10-11-13-14(15,6-3)12-5-2/h15H,4-13H2,1-3H3. The van der Waals surface area contributed by atoms with Gasteiger partial charge in [-0.1, -0.05) is 65.7 Å². The lowest BCUT2D eigenvalue weighted by molar-refractivity contribution is 0.0158. The summed E-state index contributed by atoms with van der Waals surface area (Å²) < 4.78 is 0. The van der Waals surface area contributed by atoms with Crippen LogP contribution in [0.15, 0.2) is 0 Å². The summed E-state index contributed by atoms with van der Waals surface area (Å²) in [4.78, 5) is 0. The number of rotatable bonds is 10. The van der Waals surface area contributed by atoms with E-state index >= 15 is 0 Å². The van der Waals surface area contributed by atoms with Gasteiger partial charge in [0.15, 0.2) is 0 Å². The molecule has 0 radical (unpaired) electrons. The van der Waals surface area contributed by atoms with Crippen molar-refractivity contribution in [3.05, 3.63) is 0 Å². The van der Waals surface area contributed by atoms with Crippen LogP contribution in [0.1, 0.15) is 85.0 Å². The molecule has 0 saturated carbocycles. The highest BCUT2D eigenvalue weighted by Gasteiger charge is 2.22. The van der Waals surface area contributed by atoms with Crippen molar-refractivity contribution >= 4 is 0 Å². The summed E-state index contributed by atoms with van der Waals surface area (Å²) in [6, 6.07) is 0. The highest BCUT2D eigenvalue weighted by Crippen LogP contribution is 2.24. The van der Waals surface area contributed by atoms with E-state index in [9.17, 15) is 5.11 Å². The molecule has 1 heteroatoms. The Morgan fingerprint density at radius 1 is 0.733 bits per heavy atom. The highest BCUT2D eigenvalue weighted by atomic mass is 16.3. The van der Waals surface area contributed by atoms with Crippen LogP contribution >= 0.6 is 0 Å². The van der Waals surface area contributed by atoms with Crippen molar-refractivity contribution in [1.29, 1.82) is 0 Å². The van der Waals surface area contributed by atoms with Gasteiger partial charge in [-0.2, -0.15) is 0 Å². The molecule has 0 amide bonds. The fourth-order valence-corrected chi connectivity index (χ4v) is 2.18. The maximum atomic E-state index is 10.2. The summed E-state index contributed by atoms with van der Waals surface area (Å²) in [7, 11) is 0. The Morgan fingerprint density at radius 3 is 1.87 bits per heavy atom. The second kappa shape index (κ2) is 9.21. The predicted molar refractivity (Wildman–Crippen MR) is 68.1 cm³/mol. The SMILES string of the molecule is CCCCCCCCC(O)(CC)CCC. The first-order valence-electron chi connectivity index (χ1n) is 6.91. The number of hydrogen-bond acceptors (Lipinski definition) is 1. The number of hydrogen-bond donors (Lipinski definition) is 1. The summed E-state index contributed by atoms with van der Waals surface area (Å²) in [5.74, 6) is 0. The van der Waals surface area contributed by atoms with Crippen molar-refractivity contribution in [2.24, 2.45) is 0 Å². The molecule has 0 bridgehead atoms. The Labute approximate surface area is 96.3 Å². The largest absolute Gasteiger partial charge is 0.390 e. The van der Waals surface area contributed by atoms with E-state index in [4.69, 9.17) is 0 Å². The second-order valence-corrected chi connectivity index (χ2v) is 4.85. The van der Waals surface area contributed by atoms with Crippen LogP contribution in [-0.4, -0.2) is 10.7 Å². The van der Waals surface area contributed by atoms with Gasteiger partial charge in [-0.25, -0.2) is 0 Å². The Bertz CT molecular complexity index is 133. The zero-order valence-electron chi connectivity index (χ0n) is 11.0. The van der Waals surface area contributed by atoms with Crippen LogP contribution in [0.2, 0.25) is 0 Å². The Morgan fingerprint density at radius 2 is 1.33 bits per heavy atom. The summed E-state index contributed by atoms with van der Waals surface area (Å²) in [6.45, 7) is 6.51. The van der Waals surface area contributed by atoms with Gasteiger partial charge in [0.1, 0.15) is 0 Å². The molecule has 0 aliphatic heterocycles.